The number of hydrogen-bond donors (Lipinski definition) is 0. The summed E-state index contributed by atoms with van der Waals surface area (Å²) in [5, 5.41) is 0. The van der Waals surface area contributed by atoms with E-state index in [4.69, 9.17) is 0 Å². The molecule has 3 rings (SSSR count). The lowest BCUT2D eigenvalue weighted by atomic mass is 10.2. The highest BCUT2D eigenvalue weighted by Gasteiger charge is 2.19. The van der Waals surface area contributed by atoms with Gasteiger partial charge in [0.25, 0.3) is 0 Å². The predicted octanol–water partition coefficient (Wildman–Crippen LogP) is 2.89. The van der Waals surface area contributed by atoms with E-state index in [0.29, 0.717) is 19.4 Å². The number of carbonyl (C=O) groups excluding carboxylic acids is 1. The summed E-state index contributed by atoms with van der Waals surface area (Å²) in [5.74, 6) is -0.0403. The van der Waals surface area contributed by atoms with Crippen LogP contribution in [0.25, 0.3) is 0 Å². The molecular weight excluding hydrogens is 305 g/mol. The summed E-state index contributed by atoms with van der Waals surface area (Å²) >= 11 is 0. The number of benzene rings is 1. The van der Waals surface area contributed by atoms with Crippen LogP contribution in [0, 0.1) is 5.82 Å². The minimum Gasteiger partial charge on any atom is -0.370 e. The third-order valence-corrected chi connectivity index (χ3v) is 4.36. The normalized spacial score (nSPS) is 15.2. The van der Waals surface area contributed by atoms with Gasteiger partial charge in [-0.05, 0) is 49.2 Å². The molecule has 0 radical (unpaired) electrons. The Bertz CT molecular complexity index is 660. The van der Waals surface area contributed by atoms with E-state index in [9.17, 15) is 9.18 Å². The van der Waals surface area contributed by atoms with Crippen LogP contribution in [-0.2, 0) is 11.2 Å². The fourth-order valence-electron chi connectivity index (χ4n) is 3.02. The van der Waals surface area contributed by atoms with Crippen LogP contribution >= 0.6 is 0 Å². The molecule has 2 heterocycles. The zero-order chi connectivity index (χ0) is 16.8. The molecule has 1 aliphatic rings. The summed E-state index contributed by atoms with van der Waals surface area (Å²) in [7, 11) is 0. The van der Waals surface area contributed by atoms with Gasteiger partial charge in [0.1, 0.15) is 5.82 Å². The SMILES string of the molecule is O=C(CCc1ccccn1)N1CCCN(c2ccc(F)cc2)CC1. The average molecular weight is 327 g/mol. The molecule has 0 spiro atoms. The number of amides is 1. The van der Waals surface area contributed by atoms with Gasteiger partial charge in [0, 0.05) is 50.2 Å². The van der Waals surface area contributed by atoms with Crippen molar-refractivity contribution in [1.29, 1.82) is 0 Å². The van der Waals surface area contributed by atoms with Crippen LogP contribution in [-0.4, -0.2) is 42.0 Å². The Kier molecular flexibility index (Phi) is 5.41. The van der Waals surface area contributed by atoms with Crippen LogP contribution in [0.2, 0.25) is 0 Å². The van der Waals surface area contributed by atoms with Crippen molar-refractivity contribution in [3.8, 4) is 0 Å². The van der Waals surface area contributed by atoms with Gasteiger partial charge in [0.05, 0.1) is 0 Å². The number of halogens is 1. The van der Waals surface area contributed by atoms with Crippen molar-refractivity contribution in [1.82, 2.24) is 9.88 Å². The lowest BCUT2D eigenvalue weighted by molar-refractivity contribution is -0.130. The number of aromatic nitrogens is 1. The number of hydrogen-bond acceptors (Lipinski definition) is 3. The van der Waals surface area contributed by atoms with Crippen LogP contribution in [0.1, 0.15) is 18.5 Å². The summed E-state index contributed by atoms with van der Waals surface area (Å²) in [4.78, 5) is 20.9. The summed E-state index contributed by atoms with van der Waals surface area (Å²) < 4.78 is 13.1. The molecule has 4 nitrogen and oxygen atoms in total. The predicted molar refractivity (Wildman–Crippen MR) is 92.4 cm³/mol. The number of anilines is 1. The van der Waals surface area contributed by atoms with E-state index in [0.717, 1.165) is 37.4 Å². The highest BCUT2D eigenvalue weighted by Crippen LogP contribution is 2.17. The molecule has 1 aromatic carbocycles. The highest BCUT2D eigenvalue weighted by molar-refractivity contribution is 5.76. The van der Waals surface area contributed by atoms with Crippen molar-refractivity contribution in [2.75, 3.05) is 31.1 Å². The smallest absolute Gasteiger partial charge is 0.223 e. The minimum absolute atomic E-state index is 0.182. The van der Waals surface area contributed by atoms with Gasteiger partial charge in [-0.3, -0.25) is 9.78 Å². The van der Waals surface area contributed by atoms with E-state index >= 15 is 0 Å². The first-order chi connectivity index (χ1) is 11.7. The van der Waals surface area contributed by atoms with Gasteiger partial charge in [0.15, 0.2) is 0 Å². The number of pyridine rings is 1. The van der Waals surface area contributed by atoms with E-state index in [2.05, 4.69) is 9.88 Å². The molecule has 5 heteroatoms. The van der Waals surface area contributed by atoms with Gasteiger partial charge in [-0.15, -0.1) is 0 Å². The van der Waals surface area contributed by atoms with E-state index in [-0.39, 0.29) is 11.7 Å². The maximum Gasteiger partial charge on any atom is 0.223 e. The second-order valence-electron chi connectivity index (χ2n) is 6.02. The fourth-order valence-corrected chi connectivity index (χ4v) is 3.02. The molecular formula is C19H22FN3O. The molecule has 0 atom stereocenters. The van der Waals surface area contributed by atoms with Gasteiger partial charge in [-0.1, -0.05) is 6.07 Å². The molecule has 0 unspecified atom stereocenters. The maximum atomic E-state index is 13.1. The van der Waals surface area contributed by atoms with E-state index in [1.165, 1.54) is 12.1 Å². The third kappa shape index (κ3) is 4.31. The zero-order valence-corrected chi connectivity index (χ0v) is 13.7. The molecule has 1 saturated heterocycles. The molecule has 0 bridgehead atoms. The van der Waals surface area contributed by atoms with E-state index in [1.54, 1.807) is 18.3 Å². The van der Waals surface area contributed by atoms with Crippen molar-refractivity contribution in [2.45, 2.75) is 19.3 Å². The summed E-state index contributed by atoms with van der Waals surface area (Å²) in [6, 6.07) is 12.3. The lowest BCUT2D eigenvalue weighted by Gasteiger charge is -2.23. The molecule has 126 valence electrons. The first-order valence-corrected chi connectivity index (χ1v) is 8.40. The van der Waals surface area contributed by atoms with Gasteiger partial charge < -0.3 is 9.80 Å². The van der Waals surface area contributed by atoms with Crippen molar-refractivity contribution < 1.29 is 9.18 Å². The molecule has 1 amide bonds. The summed E-state index contributed by atoms with van der Waals surface area (Å²) in [6.45, 7) is 3.15. The van der Waals surface area contributed by atoms with Crippen molar-refractivity contribution in [2.24, 2.45) is 0 Å². The second-order valence-corrected chi connectivity index (χ2v) is 6.02. The molecule has 2 aromatic rings. The van der Waals surface area contributed by atoms with Gasteiger partial charge in [-0.2, -0.15) is 0 Å². The standard InChI is InChI=1S/C19H22FN3O/c20-16-5-8-18(9-6-16)22-12-3-13-23(15-14-22)19(24)10-7-17-4-1-2-11-21-17/h1-2,4-6,8-9,11H,3,7,10,12-15H2. The Morgan fingerprint density at radius 1 is 1.04 bits per heavy atom. The topological polar surface area (TPSA) is 36.4 Å². The third-order valence-electron chi connectivity index (χ3n) is 4.36. The molecule has 1 aliphatic heterocycles. The first kappa shape index (κ1) is 16.4. The number of nitrogens with zero attached hydrogens (tertiary/aromatic N) is 3. The molecule has 0 N–H and O–H groups in total. The molecule has 1 aromatic heterocycles. The summed E-state index contributed by atoms with van der Waals surface area (Å²) in [5.41, 5.74) is 1.97. The fraction of sp³-hybridized carbons (Fsp3) is 0.368. The Labute approximate surface area is 141 Å². The second kappa shape index (κ2) is 7.90. The molecule has 24 heavy (non-hydrogen) atoms. The number of rotatable bonds is 4. The quantitative estimate of drug-likeness (QED) is 0.866. The molecule has 0 saturated carbocycles. The lowest BCUT2D eigenvalue weighted by Crippen LogP contribution is -2.35. The van der Waals surface area contributed by atoms with Crippen LogP contribution in [0.5, 0.6) is 0 Å². The Hall–Kier alpha value is -2.43. The minimum atomic E-state index is -0.222. The average Bonchev–Trinajstić information content (AvgIpc) is 2.87. The van der Waals surface area contributed by atoms with Crippen LogP contribution in [0.15, 0.2) is 48.7 Å². The summed E-state index contributed by atoms with van der Waals surface area (Å²) in [6.07, 6.45) is 3.85. The maximum absolute atomic E-state index is 13.1. The van der Waals surface area contributed by atoms with Gasteiger partial charge in [0.2, 0.25) is 5.91 Å². The van der Waals surface area contributed by atoms with Crippen LogP contribution in [0.4, 0.5) is 10.1 Å². The van der Waals surface area contributed by atoms with Gasteiger partial charge in [-0.25, -0.2) is 4.39 Å². The Morgan fingerprint density at radius 3 is 2.62 bits per heavy atom. The van der Waals surface area contributed by atoms with Crippen molar-refractivity contribution in [3.63, 3.8) is 0 Å². The first-order valence-electron chi connectivity index (χ1n) is 8.40. The van der Waals surface area contributed by atoms with Crippen molar-refractivity contribution >= 4 is 11.6 Å². The van der Waals surface area contributed by atoms with E-state index in [1.807, 2.05) is 23.1 Å². The highest BCUT2D eigenvalue weighted by atomic mass is 19.1. The monoisotopic (exact) mass is 327 g/mol. The van der Waals surface area contributed by atoms with Gasteiger partial charge >= 0.3 is 0 Å². The Morgan fingerprint density at radius 2 is 1.88 bits per heavy atom. The molecule has 1 fully saturated rings. The van der Waals surface area contributed by atoms with Crippen LogP contribution in [0.3, 0.4) is 0 Å². The molecule has 0 aliphatic carbocycles. The largest absolute Gasteiger partial charge is 0.370 e. The van der Waals surface area contributed by atoms with Crippen LogP contribution < -0.4 is 4.90 Å². The van der Waals surface area contributed by atoms with Crippen molar-refractivity contribution in [3.05, 3.63) is 60.2 Å². The zero-order valence-electron chi connectivity index (χ0n) is 13.7. The van der Waals surface area contributed by atoms with E-state index < -0.39 is 0 Å². The Balaban J connectivity index is 1.53. The number of aryl methyl sites for hydroxylation is 1. The number of carbonyl (C=O) groups is 1.